The summed E-state index contributed by atoms with van der Waals surface area (Å²) in [5.41, 5.74) is 1.76. The van der Waals surface area contributed by atoms with E-state index in [1.54, 1.807) is 12.1 Å². The van der Waals surface area contributed by atoms with Crippen molar-refractivity contribution in [3.63, 3.8) is 0 Å². The van der Waals surface area contributed by atoms with Crippen molar-refractivity contribution in [2.24, 2.45) is 0 Å². The van der Waals surface area contributed by atoms with E-state index in [1.807, 2.05) is 32.9 Å². The van der Waals surface area contributed by atoms with Gasteiger partial charge in [-0.15, -0.1) is 19.7 Å². The fraction of sp³-hybridized carbons (Fsp3) is 0.421. The first-order chi connectivity index (χ1) is 10.7. The van der Waals surface area contributed by atoms with Gasteiger partial charge in [-0.25, -0.2) is 4.98 Å². The molecule has 0 aliphatic carbocycles. The Bertz CT molecular complexity index is 529. The predicted octanol–water partition coefficient (Wildman–Crippen LogP) is 5.74. The van der Waals surface area contributed by atoms with E-state index < -0.39 is 0 Å². The van der Waals surface area contributed by atoms with Crippen molar-refractivity contribution in [1.29, 1.82) is 0 Å². The van der Waals surface area contributed by atoms with E-state index in [0.717, 1.165) is 36.2 Å². The van der Waals surface area contributed by atoms with Gasteiger partial charge in [0.1, 0.15) is 17.1 Å². The fourth-order valence-corrected chi connectivity index (χ4v) is 1.95. The zero-order valence-corrected chi connectivity index (χ0v) is 14.9. The molecule has 1 N–H and O–H groups in total. The summed E-state index contributed by atoms with van der Waals surface area (Å²) in [5, 5.41) is 9.83. The first-order valence-corrected chi connectivity index (χ1v) is 7.93. The lowest BCUT2D eigenvalue weighted by Crippen LogP contribution is -2.02. The third-order valence-electron chi connectivity index (χ3n) is 2.59. The van der Waals surface area contributed by atoms with Gasteiger partial charge >= 0.3 is 0 Å². The van der Waals surface area contributed by atoms with Crippen LogP contribution in [-0.4, -0.2) is 14.7 Å². The average Bonchev–Trinajstić information content (AvgIpc) is 2.92. The Kier molecular flexibility index (Phi) is 14.1. The zero-order valence-electron chi connectivity index (χ0n) is 14.9. The lowest BCUT2D eigenvalue weighted by Gasteiger charge is -2.06. The molecule has 1 aromatic carbocycles. The highest BCUT2D eigenvalue weighted by atomic mass is 16.3. The second-order valence-corrected chi connectivity index (χ2v) is 4.09. The topological polar surface area (TPSA) is 38.0 Å². The molecule has 0 bridgehead atoms. The third kappa shape index (κ3) is 6.17. The van der Waals surface area contributed by atoms with E-state index in [0.29, 0.717) is 5.75 Å². The molecule has 1 aromatic heterocycles. The number of aromatic nitrogens is 2. The maximum absolute atomic E-state index is 9.83. The Labute approximate surface area is 136 Å². The van der Waals surface area contributed by atoms with Gasteiger partial charge in [-0.1, -0.05) is 39.8 Å². The second-order valence-electron chi connectivity index (χ2n) is 4.09. The maximum Gasteiger partial charge on any atom is 0.141 e. The Morgan fingerprint density at radius 1 is 1.23 bits per heavy atom. The van der Waals surface area contributed by atoms with E-state index >= 15 is 0 Å². The molecule has 0 unspecified atom stereocenters. The van der Waals surface area contributed by atoms with Gasteiger partial charge in [0.05, 0.1) is 5.52 Å². The third-order valence-corrected chi connectivity index (χ3v) is 2.59. The Balaban J connectivity index is 0. The number of imidazole rings is 1. The van der Waals surface area contributed by atoms with Crippen LogP contribution in [0, 0.1) is 0 Å². The van der Waals surface area contributed by atoms with Gasteiger partial charge in [0, 0.05) is 13.0 Å². The smallest absolute Gasteiger partial charge is 0.141 e. The van der Waals surface area contributed by atoms with Gasteiger partial charge < -0.3 is 9.67 Å². The summed E-state index contributed by atoms with van der Waals surface area (Å²) in [6.07, 6.45) is 3.70. The van der Waals surface area contributed by atoms with Crippen molar-refractivity contribution in [3.8, 4) is 5.75 Å². The van der Waals surface area contributed by atoms with E-state index in [1.165, 1.54) is 0 Å². The van der Waals surface area contributed by atoms with Crippen LogP contribution in [0.3, 0.4) is 0 Å². The van der Waals surface area contributed by atoms with Crippen LogP contribution in [0.15, 0.2) is 44.0 Å². The number of phenols is 1. The molecule has 3 nitrogen and oxygen atoms in total. The number of fused-ring (bicyclic) bond motifs is 1. The van der Waals surface area contributed by atoms with Crippen LogP contribution in [0.2, 0.25) is 0 Å². The number of aryl methyl sites for hydroxylation is 2. The molecule has 0 fully saturated rings. The molecule has 0 saturated carbocycles. The monoisotopic (exact) mass is 304 g/mol. The number of aromatic hydroxyl groups is 1. The van der Waals surface area contributed by atoms with Gasteiger partial charge in [-0.2, -0.15) is 0 Å². The van der Waals surface area contributed by atoms with Crippen LogP contribution in [0.1, 0.15) is 46.9 Å². The Morgan fingerprint density at radius 3 is 2.23 bits per heavy atom. The number of nitrogens with zero attached hydrogens (tertiary/aromatic N) is 2. The Morgan fingerprint density at radius 2 is 1.77 bits per heavy atom. The number of phenolic OH excluding ortho intramolecular Hbond substituents is 1. The van der Waals surface area contributed by atoms with Gasteiger partial charge in [-0.3, -0.25) is 0 Å². The molecular weight excluding hydrogens is 272 g/mol. The number of hydrogen-bond donors (Lipinski definition) is 1. The fourth-order valence-electron chi connectivity index (χ4n) is 1.95. The van der Waals surface area contributed by atoms with E-state index in [-0.39, 0.29) is 0 Å². The molecule has 0 aliphatic heterocycles. The highest BCUT2D eigenvalue weighted by molar-refractivity contribution is 5.82. The minimum absolute atomic E-state index is 0.327. The normalized spacial score (nSPS) is 8.59. The predicted molar refractivity (Wildman–Crippen MR) is 99.5 cm³/mol. The zero-order chi connectivity index (χ0) is 17.5. The average molecular weight is 304 g/mol. The Hall–Kier alpha value is -2.03. The molecule has 0 atom stereocenters. The summed E-state index contributed by atoms with van der Waals surface area (Å²) in [6, 6.07) is 5.50. The minimum atomic E-state index is 0.327. The molecule has 1 heterocycles. The van der Waals surface area contributed by atoms with Gasteiger partial charge in [-0.05, 0) is 25.5 Å². The van der Waals surface area contributed by atoms with E-state index in [4.69, 9.17) is 0 Å². The van der Waals surface area contributed by atoms with Crippen LogP contribution < -0.4 is 0 Å². The van der Waals surface area contributed by atoms with Crippen molar-refractivity contribution in [2.75, 3.05) is 0 Å². The van der Waals surface area contributed by atoms with Gasteiger partial charge in [0.25, 0.3) is 0 Å². The first-order valence-electron chi connectivity index (χ1n) is 7.93. The lowest BCUT2D eigenvalue weighted by molar-refractivity contribution is 0.476. The summed E-state index contributed by atoms with van der Waals surface area (Å²) < 4.78 is 2.12. The number of hydrogen-bond acceptors (Lipinski definition) is 2. The molecule has 0 spiro atoms. The van der Waals surface area contributed by atoms with Gasteiger partial charge in [0.15, 0.2) is 0 Å². The van der Waals surface area contributed by atoms with Crippen molar-refractivity contribution in [1.82, 2.24) is 9.55 Å². The van der Waals surface area contributed by atoms with E-state index in [2.05, 4.69) is 43.1 Å². The second kappa shape index (κ2) is 13.9. The van der Waals surface area contributed by atoms with Crippen molar-refractivity contribution < 1.29 is 5.11 Å². The highest BCUT2D eigenvalue weighted by Gasteiger charge is 2.11. The number of rotatable bonds is 3. The van der Waals surface area contributed by atoms with Gasteiger partial charge in [0.2, 0.25) is 0 Å². The highest BCUT2D eigenvalue weighted by Crippen LogP contribution is 2.25. The lowest BCUT2D eigenvalue weighted by atomic mass is 10.3. The molecule has 124 valence electrons. The summed E-state index contributed by atoms with van der Waals surface area (Å²) in [7, 11) is 0. The molecule has 2 aromatic rings. The number of para-hydroxylation sites is 1. The van der Waals surface area contributed by atoms with Crippen LogP contribution in [-0.2, 0) is 13.0 Å². The molecule has 0 saturated heterocycles. The van der Waals surface area contributed by atoms with Crippen molar-refractivity contribution in [3.05, 3.63) is 49.8 Å². The summed E-state index contributed by atoms with van der Waals surface area (Å²) in [4.78, 5) is 4.51. The molecule has 3 heteroatoms. The van der Waals surface area contributed by atoms with Crippen LogP contribution in [0.25, 0.3) is 11.0 Å². The molecule has 0 aliphatic rings. The largest absolute Gasteiger partial charge is 0.506 e. The number of allylic oxidation sites excluding steroid dienone is 1. The molecule has 22 heavy (non-hydrogen) atoms. The molecule has 0 radical (unpaired) electrons. The summed E-state index contributed by atoms with van der Waals surface area (Å²) in [6.45, 7) is 20.4. The van der Waals surface area contributed by atoms with Crippen LogP contribution in [0.5, 0.6) is 5.75 Å². The minimum Gasteiger partial charge on any atom is -0.506 e. The SMILES string of the molecule is C=C.C=CC.CC.CCCn1c(CC)nc2cccc(O)c21. The van der Waals surface area contributed by atoms with Crippen molar-refractivity contribution >= 4 is 11.0 Å². The van der Waals surface area contributed by atoms with Crippen molar-refractivity contribution in [2.45, 2.75) is 54.0 Å². The molecule has 0 amide bonds. The maximum atomic E-state index is 9.83. The molecule has 2 rings (SSSR count). The molecular formula is C19H32N2O. The number of benzene rings is 1. The standard InChI is InChI=1S/C12H16N2O.C3H6.C2H6.C2H4/c1-3-8-14-11(4-2)13-9-6-5-7-10(15)12(9)14;1-3-2;2*1-2/h5-7,15H,3-4,8H2,1-2H3;3H,1H2,2H3;1-2H3;1-2H2. The summed E-state index contributed by atoms with van der Waals surface area (Å²) in [5.74, 6) is 1.38. The van der Waals surface area contributed by atoms with Crippen LogP contribution in [0.4, 0.5) is 0 Å². The van der Waals surface area contributed by atoms with E-state index in [9.17, 15) is 5.11 Å². The van der Waals surface area contributed by atoms with Crippen LogP contribution >= 0.6 is 0 Å². The quantitative estimate of drug-likeness (QED) is 0.735. The first kappa shape index (κ1) is 22.3. The summed E-state index contributed by atoms with van der Waals surface area (Å²) >= 11 is 0.